The molecule has 0 fully saturated rings. The van der Waals surface area contributed by atoms with Gasteiger partial charge in [0, 0.05) is 12.6 Å². The molecule has 1 N–H and O–H groups in total. The van der Waals surface area contributed by atoms with Crippen molar-refractivity contribution in [1.29, 1.82) is 0 Å². The van der Waals surface area contributed by atoms with E-state index in [-0.39, 0.29) is 5.91 Å². The fraction of sp³-hybridized carbons (Fsp3) is 0.318. The van der Waals surface area contributed by atoms with Gasteiger partial charge >= 0.3 is 0 Å². The van der Waals surface area contributed by atoms with Gasteiger partial charge in [-0.15, -0.1) is 0 Å². The minimum absolute atomic E-state index is 0.159. The Morgan fingerprint density at radius 2 is 1.81 bits per heavy atom. The minimum atomic E-state index is -0.159. The number of carbonyl (C=O) groups excluding carboxylic acids is 1. The van der Waals surface area contributed by atoms with Crippen molar-refractivity contribution in [3.05, 3.63) is 59.7 Å². The van der Waals surface area contributed by atoms with E-state index in [9.17, 15) is 4.79 Å². The summed E-state index contributed by atoms with van der Waals surface area (Å²) in [6, 6.07) is 13.2. The molecule has 144 valence electrons. The number of nitrogens with one attached hydrogen (secondary N) is 1. The van der Waals surface area contributed by atoms with Crippen molar-refractivity contribution in [2.45, 2.75) is 26.3 Å². The zero-order valence-electron chi connectivity index (χ0n) is 16.2. The zero-order valence-corrected chi connectivity index (χ0v) is 16.2. The predicted octanol–water partition coefficient (Wildman–Crippen LogP) is 4.21. The van der Waals surface area contributed by atoms with E-state index in [1.165, 1.54) is 6.08 Å². The summed E-state index contributed by atoms with van der Waals surface area (Å²) in [6.45, 7) is 3.24. The summed E-state index contributed by atoms with van der Waals surface area (Å²) in [5.41, 5.74) is 1.88. The van der Waals surface area contributed by atoms with Crippen LogP contribution in [0.2, 0.25) is 0 Å². The molecular formula is C22H27NO4. The molecule has 27 heavy (non-hydrogen) atoms. The lowest BCUT2D eigenvalue weighted by atomic mass is 10.2. The molecule has 5 nitrogen and oxygen atoms in total. The lowest BCUT2D eigenvalue weighted by Gasteiger charge is -2.11. The van der Waals surface area contributed by atoms with Gasteiger partial charge in [0.2, 0.25) is 5.91 Å². The third-order valence-electron chi connectivity index (χ3n) is 4.00. The van der Waals surface area contributed by atoms with Gasteiger partial charge in [-0.1, -0.05) is 31.5 Å². The smallest absolute Gasteiger partial charge is 0.244 e. The van der Waals surface area contributed by atoms with Crippen molar-refractivity contribution in [2.24, 2.45) is 0 Å². The number of rotatable bonds is 10. The highest BCUT2D eigenvalue weighted by Crippen LogP contribution is 2.28. The maximum absolute atomic E-state index is 12.0. The molecule has 2 aromatic rings. The van der Waals surface area contributed by atoms with Crippen molar-refractivity contribution in [3.8, 4) is 17.2 Å². The van der Waals surface area contributed by atoms with Crippen molar-refractivity contribution in [3.63, 3.8) is 0 Å². The Morgan fingerprint density at radius 3 is 2.48 bits per heavy atom. The van der Waals surface area contributed by atoms with Crippen LogP contribution in [0.3, 0.4) is 0 Å². The van der Waals surface area contributed by atoms with Gasteiger partial charge in [0.15, 0.2) is 11.5 Å². The van der Waals surface area contributed by atoms with Crippen LogP contribution in [-0.2, 0) is 11.3 Å². The second-order valence-electron chi connectivity index (χ2n) is 6.01. The number of amides is 1. The van der Waals surface area contributed by atoms with Gasteiger partial charge < -0.3 is 19.5 Å². The van der Waals surface area contributed by atoms with Gasteiger partial charge in [-0.2, -0.15) is 0 Å². The van der Waals surface area contributed by atoms with Gasteiger partial charge in [0.25, 0.3) is 0 Å². The highest BCUT2D eigenvalue weighted by Gasteiger charge is 2.05. The molecule has 0 atom stereocenters. The van der Waals surface area contributed by atoms with Crippen LogP contribution < -0.4 is 19.5 Å². The Balaban J connectivity index is 1.90. The number of unbranched alkanes of at least 4 members (excludes halogenated alkanes) is 1. The Kier molecular flexibility index (Phi) is 8.23. The van der Waals surface area contributed by atoms with Crippen molar-refractivity contribution < 1.29 is 19.0 Å². The van der Waals surface area contributed by atoms with Gasteiger partial charge in [-0.25, -0.2) is 0 Å². The number of ether oxygens (including phenoxy) is 3. The monoisotopic (exact) mass is 369 g/mol. The number of methoxy groups -OCH3 is 2. The fourth-order valence-electron chi connectivity index (χ4n) is 2.40. The number of hydrogen-bond acceptors (Lipinski definition) is 4. The lowest BCUT2D eigenvalue weighted by molar-refractivity contribution is -0.116. The van der Waals surface area contributed by atoms with Crippen LogP contribution in [0.5, 0.6) is 17.2 Å². The topological polar surface area (TPSA) is 56.8 Å². The van der Waals surface area contributed by atoms with E-state index in [4.69, 9.17) is 14.2 Å². The normalized spacial score (nSPS) is 10.6. The third kappa shape index (κ3) is 6.70. The van der Waals surface area contributed by atoms with E-state index in [0.29, 0.717) is 24.7 Å². The number of benzene rings is 2. The summed E-state index contributed by atoms with van der Waals surface area (Å²) in [5.74, 6) is 2.01. The van der Waals surface area contributed by atoms with Crippen LogP contribution in [0.25, 0.3) is 6.08 Å². The van der Waals surface area contributed by atoms with Crippen LogP contribution in [0.1, 0.15) is 30.9 Å². The summed E-state index contributed by atoms with van der Waals surface area (Å²) < 4.78 is 16.2. The maximum atomic E-state index is 12.0. The van der Waals surface area contributed by atoms with Crippen LogP contribution in [0.4, 0.5) is 0 Å². The average molecular weight is 369 g/mol. The summed E-state index contributed by atoms with van der Waals surface area (Å²) in [7, 11) is 3.23. The predicted molar refractivity (Wildman–Crippen MR) is 107 cm³/mol. The molecule has 0 saturated heterocycles. The second-order valence-corrected chi connectivity index (χ2v) is 6.01. The quantitative estimate of drug-likeness (QED) is 0.503. The van der Waals surface area contributed by atoms with E-state index in [1.807, 2.05) is 42.5 Å². The Hall–Kier alpha value is -2.95. The second kappa shape index (κ2) is 10.9. The molecule has 5 heteroatoms. The molecule has 2 rings (SSSR count). The first-order chi connectivity index (χ1) is 13.2. The molecule has 0 aliphatic heterocycles. The van der Waals surface area contributed by atoms with Gasteiger partial charge in [-0.3, -0.25) is 4.79 Å². The maximum Gasteiger partial charge on any atom is 0.244 e. The molecule has 1 amide bonds. The standard InChI is InChI=1S/C22H27NO4/c1-4-5-14-27-20-12-8-17(15-21(20)26-3)9-13-22(24)23-16-18-6-10-19(25-2)11-7-18/h6-13,15H,4-5,14,16H2,1-3H3,(H,23,24)/b13-9+. The van der Waals surface area contributed by atoms with Crippen LogP contribution >= 0.6 is 0 Å². The SMILES string of the molecule is CCCCOc1ccc(/C=C/C(=O)NCc2ccc(OC)cc2)cc1OC. The van der Waals surface area contributed by atoms with Crippen LogP contribution in [-0.4, -0.2) is 26.7 Å². The first kappa shape index (κ1) is 20.4. The largest absolute Gasteiger partial charge is 0.497 e. The van der Waals surface area contributed by atoms with Crippen molar-refractivity contribution in [2.75, 3.05) is 20.8 Å². The molecule has 0 saturated carbocycles. The van der Waals surface area contributed by atoms with Crippen molar-refractivity contribution >= 4 is 12.0 Å². The van der Waals surface area contributed by atoms with E-state index in [0.717, 1.165) is 29.7 Å². The molecule has 2 aromatic carbocycles. The first-order valence-corrected chi connectivity index (χ1v) is 9.06. The van der Waals surface area contributed by atoms with E-state index in [1.54, 1.807) is 20.3 Å². The average Bonchev–Trinajstić information content (AvgIpc) is 2.71. The first-order valence-electron chi connectivity index (χ1n) is 9.06. The molecule has 0 aromatic heterocycles. The van der Waals surface area contributed by atoms with Gasteiger partial charge in [0.05, 0.1) is 20.8 Å². The van der Waals surface area contributed by atoms with Crippen molar-refractivity contribution in [1.82, 2.24) is 5.32 Å². The Morgan fingerprint density at radius 1 is 1.04 bits per heavy atom. The van der Waals surface area contributed by atoms with E-state index < -0.39 is 0 Å². The molecule has 0 spiro atoms. The Labute approximate surface area is 161 Å². The fourth-order valence-corrected chi connectivity index (χ4v) is 2.40. The van der Waals surface area contributed by atoms with Gasteiger partial charge in [0.1, 0.15) is 5.75 Å². The molecule has 0 aliphatic rings. The highest BCUT2D eigenvalue weighted by molar-refractivity contribution is 5.91. The molecule has 0 aliphatic carbocycles. The van der Waals surface area contributed by atoms with E-state index in [2.05, 4.69) is 12.2 Å². The Bertz CT molecular complexity index is 753. The number of carbonyl (C=O) groups is 1. The summed E-state index contributed by atoms with van der Waals surface area (Å²) in [6.07, 6.45) is 5.34. The van der Waals surface area contributed by atoms with E-state index >= 15 is 0 Å². The third-order valence-corrected chi connectivity index (χ3v) is 4.00. The summed E-state index contributed by atoms with van der Waals surface area (Å²) in [5, 5.41) is 2.86. The molecule has 0 bridgehead atoms. The lowest BCUT2D eigenvalue weighted by Crippen LogP contribution is -2.20. The highest BCUT2D eigenvalue weighted by atomic mass is 16.5. The number of hydrogen-bond donors (Lipinski definition) is 1. The van der Waals surface area contributed by atoms with Gasteiger partial charge in [-0.05, 0) is 47.9 Å². The zero-order chi connectivity index (χ0) is 19.5. The molecule has 0 radical (unpaired) electrons. The molecule has 0 heterocycles. The van der Waals surface area contributed by atoms with Crippen LogP contribution in [0.15, 0.2) is 48.5 Å². The van der Waals surface area contributed by atoms with Crippen LogP contribution in [0, 0.1) is 0 Å². The minimum Gasteiger partial charge on any atom is -0.497 e. The summed E-state index contributed by atoms with van der Waals surface area (Å²) in [4.78, 5) is 12.0. The molecule has 0 unspecified atom stereocenters. The summed E-state index contributed by atoms with van der Waals surface area (Å²) >= 11 is 0. The molecular weight excluding hydrogens is 342 g/mol.